The lowest BCUT2D eigenvalue weighted by Gasteiger charge is -2.16. The summed E-state index contributed by atoms with van der Waals surface area (Å²) in [5.74, 6) is 2.31. The van der Waals surface area contributed by atoms with Gasteiger partial charge in [0.15, 0.2) is 5.82 Å². The third kappa shape index (κ3) is 11.1. The number of carbonyl (C=O) groups is 3. The molecule has 2 fully saturated rings. The molecule has 0 radical (unpaired) electrons. The van der Waals surface area contributed by atoms with Crippen LogP contribution in [0, 0.1) is 20.8 Å². The van der Waals surface area contributed by atoms with Crippen molar-refractivity contribution < 1.29 is 28.6 Å². The highest BCUT2D eigenvalue weighted by atomic mass is 35.5. The quantitative estimate of drug-likeness (QED) is 0.0807. The van der Waals surface area contributed by atoms with E-state index in [0.717, 1.165) is 64.7 Å². The molecule has 3 aliphatic rings. The van der Waals surface area contributed by atoms with Crippen LogP contribution in [0.2, 0.25) is 5.02 Å². The predicted octanol–water partition coefficient (Wildman–Crippen LogP) is 4.98. The van der Waals surface area contributed by atoms with Crippen LogP contribution in [0.1, 0.15) is 84.2 Å². The standard InChI is InChI=1S/C39H53ClN8O6S2/c1-24-25(2)56-38-34(24)35(27-10-12-28(40)13-11-27)43-29(37-47-46-26(3)48(37)38)22-33(50)42-15-7-17-53-19-21-54-20-18-52-16-6-14-41-32(49)9-5-4-8-31-36-30(23-55-31)44-39(51)45-36/h10-13,29-31,36H,4-9,14-23H2,1-3H3,(H,41,49)(H,42,50)(H2,44,45,51). The second-order valence-electron chi connectivity index (χ2n) is 14.2. The summed E-state index contributed by atoms with van der Waals surface area (Å²) >= 11 is 9.80. The highest BCUT2D eigenvalue weighted by Gasteiger charge is 2.42. The lowest BCUT2D eigenvalue weighted by molar-refractivity contribution is -0.122. The molecular weight excluding hydrogens is 776 g/mol. The van der Waals surface area contributed by atoms with E-state index >= 15 is 0 Å². The average Bonchev–Trinajstić information content (AvgIpc) is 3.91. The molecule has 14 nitrogen and oxygen atoms in total. The second-order valence-corrected chi connectivity index (χ2v) is 17.1. The van der Waals surface area contributed by atoms with Gasteiger partial charge in [0.05, 0.1) is 50.6 Å². The normalized spacial score (nSPS) is 19.7. The molecule has 2 aromatic heterocycles. The Bertz CT molecular complexity index is 1840. The number of ether oxygens (including phenoxy) is 3. The number of aromatic nitrogens is 3. The number of hydrogen-bond donors (Lipinski definition) is 4. The highest BCUT2D eigenvalue weighted by Crippen LogP contribution is 2.39. The van der Waals surface area contributed by atoms with Crippen molar-refractivity contribution in [1.82, 2.24) is 36.0 Å². The summed E-state index contributed by atoms with van der Waals surface area (Å²) in [6, 6.07) is 7.52. The molecule has 0 bridgehead atoms. The third-order valence-electron chi connectivity index (χ3n) is 10.1. The molecule has 0 aliphatic carbocycles. The molecule has 5 heterocycles. The van der Waals surface area contributed by atoms with Gasteiger partial charge in [-0.1, -0.05) is 30.2 Å². The summed E-state index contributed by atoms with van der Waals surface area (Å²) < 4.78 is 18.9. The molecule has 4 atom stereocenters. The van der Waals surface area contributed by atoms with E-state index < -0.39 is 6.04 Å². The predicted molar refractivity (Wildman–Crippen MR) is 220 cm³/mol. The number of benzene rings is 1. The van der Waals surface area contributed by atoms with Crippen molar-refractivity contribution in [2.75, 3.05) is 58.5 Å². The smallest absolute Gasteiger partial charge is 0.315 e. The summed E-state index contributed by atoms with van der Waals surface area (Å²) in [6.07, 6.45) is 4.91. The van der Waals surface area contributed by atoms with Crippen molar-refractivity contribution in [3.63, 3.8) is 0 Å². The number of aryl methyl sites for hydroxylation is 2. The monoisotopic (exact) mass is 828 g/mol. The van der Waals surface area contributed by atoms with Crippen LogP contribution in [0.3, 0.4) is 0 Å². The minimum absolute atomic E-state index is 0.0608. The fourth-order valence-corrected chi connectivity index (χ4v) is 9.97. The van der Waals surface area contributed by atoms with Gasteiger partial charge in [0.2, 0.25) is 11.8 Å². The molecule has 1 aromatic carbocycles. The maximum absolute atomic E-state index is 13.2. The molecule has 2 saturated heterocycles. The molecule has 4 unspecified atom stereocenters. The van der Waals surface area contributed by atoms with Crippen molar-refractivity contribution in [2.24, 2.45) is 4.99 Å². The van der Waals surface area contributed by atoms with E-state index in [9.17, 15) is 14.4 Å². The Labute approximate surface area is 341 Å². The Balaban J connectivity index is 0.787. The van der Waals surface area contributed by atoms with E-state index in [4.69, 9.17) is 30.8 Å². The SMILES string of the molecule is Cc1sc2c(c1C)C(c1ccc(Cl)cc1)=NC(CC(=O)NCCCOCCOCCOCCCNC(=O)CCCCC1SCC3NC(=O)NC31)c1nnc(C)n1-2. The number of nitrogens with zero attached hydrogens (tertiary/aromatic N) is 4. The molecule has 0 spiro atoms. The molecule has 4 N–H and O–H groups in total. The van der Waals surface area contributed by atoms with Crippen LogP contribution in [0.4, 0.5) is 4.79 Å². The van der Waals surface area contributed by atoms with Gasteiger partial charge in [-0.05, 0) is 64.2 Å². The fraction of sp³-hybridized carbons (Fsp3) is 0.590. The minimum Gasteiger partial charge on any atom is -0.379 e. The van der Waals surface area contributed by atoms with Gasteiger partial charge in [0.25, 0.3) is 0 Å². The molecule has 0 saturated carbocycles. The number of aliphatic imine (C=N–C) groups is 1. The van der Waals surface area contributed by atoms with Gasteiger partial charge in [-0.2, -0.15) is 11.8 Å². The Hall–Kier alpha value is -3.54. The summed E-state index contributed by atoms with van der Waals surface area (Å²) in [7, 11) is 0. The second kappa shape index (κ2) is 20.8. The first-order valence-corrected chi connectivity index (χ1v) is 21.8. The first kappa shape index (κ1) is 42.1. The Morgan fingerprint density at radius 1 is 0.893 bits per heavy atom. The number of carbonyl (C=O) groups excluding carboxylic acids is 3. The lowest BCUT2D eigenvalue weighted by Crippen LogP contribution is -2.36. The number of thioether (sulfide) groups is 1. The van der Waals surface area contributed by atoms with Gasteiger partial charge in [-0.3, -0.25) is 19.1 Å². The number of thiophene rings is 1. The Morgan fingerprint density at radius 3 is 2.29 bits per heavy atom. The maximum Gasteiger partial charge on any atom is 0.315 e. The molecule has 4 amide bonds. The third-order valence-corrected chi connectivity index (χ3v) is 13.1. The van der Waals surface area contributed by atoms with Crippen LogP contribution in [0.5, 0.6) is 0 Å². The number of nitrogens with one attached hydrogen (secondary N) is 4. The zero-order valence-corrected chi connectivity index (χ0v) is 34.8. The van der Waals surface area contributed by atoms with Crippen LogP contribution < -0.4 is 21.3 Å². The zero-order chi connectivity index (χ0) is 39.4. The van der Waals surface area contributed by atoms with Crippen LogP contribution in [0.25, 0.3) is 5.00 Å². The van der Waals surface area contributed by atoms with E-state index in [1.807, 2.05) is 47.5 Å². The molecule has 56 heavy (non-hydrogen) atoms. The Kier molecular flexibility index (Phi) is 15.6. The first-order valence-electron chi connectivity index (χ1n) is 19.5. The van der Waals surface area contributed by atoms with Crippen molar-refractivity contribution in [1.29, 1.82) is 0 Å². The van der Waals surface area contributed by atoms with Crippen molar-refractivity contribution in [2.45, 2.75) is 89.1 Å². The number of halogens is 1. The number of urea groups is 1. The minimum atomic E-state index is -0.516. The number of unbranched alkanes of at least 4 members (excludes halogenated alkanes) is 1. The van der Waals surface area contributed by atoms with Gasteiger partial charge in [-0.15, -0.1) is 21.5 Å². The van der Waals surface area contributed by atoms with Gasteiger partial charge in [-0.25, -0.2) is 4.79 Å². The molecule has 3 aromatic rings. The summed E-state index contributed by atoms with van der Waals surface area (Å²) in [5, 5.41) is 22.9. The van der Waals surface area contributed by atoms with Gasteiger partial charge in [0, 0.05) is 64.8 Å². The number of amides is 4. The first-order chi connectivity index (χ1) is 27.2. The molecule has 304 valence electrons. The van der Waals surface area contributed by atoms with Gasteiger partial charge in [0.1, 0.15) is 16.9 Å². The summed E-state index contributed by atoms with van der Waals surface area (Å²) in [5.41, 5.74) is 3.93. The lowest BCUT2D eigenvalue weighted by atomic mass is 9.99. The van der Waals surface area contributed by atoms with Crippen LogP contribution >= 0.6 is 34.7 Å². The maximum atomic E-state index is 13.2. The van der Waals surface area contributed by atoms with Crippen LogP contribution in [0.15, 0.2) is 29.3 Å². The molecule has 17 heteroatoms. The summed E-state index contributed by atoms with van der Waals surface area (Å²) in [6.45, 7) is 10.1. The van der Waals surface area contributed by atoms with Crippen molar-refractivity contribution >= 4 is 58.3 Å². The van der Waals surface area contributed by atoms with E-state index in [0.29, 0.717) is 81.7 Å². The van der Waals surface area contributed by atoms with E-state index in [2.05, 4.69) is 45.3 Å². The number of rotatable bonds is 22. The van der Waals surface area contributed by atoms with Gasteiger partial charge >= 0.3 is 6.03 Å². The molecular formula is C39H53ClN8O6S2. The van der Waals surface area contributed by atoms with Crippen LogP contribution in [-0.4, -0.2) is 114 Å². The summed E-state index contributed by atoms with van der Waals surface area (Å²) in [4.78, 5) is 43.2. The largest absolute Gasteiger partial charge is 0.379 e. The van der Waals surface area contributed by atoms with E-state index in [-0.39, 0.29) is 36.3 Å². The molecule has 6 rings (SSSR count). The number of hydrogen-bond acceptors (Lipinski definition) is 11. The molecule has 3 aliphatic heterocycles. The fourth-order valence-electron chi connectivity index (χ4n) is 7.09. The number of fused-ring (bicyclic) bond motifs is 4. The average molecular weight is 829 g/mol. The van der Waals surface area contributed by atoms with Crippen molar-refractivity contribution in [3.8, 4) is 5.00 Å². The van der Waals surface area contributed by atoms with Crippen LogP contribution in [-0.2, 0) is 23.8 Å². The Morgan fingerprint density at radius 2 is 1.57 bits per heavy atom. The van der Waals surface area contributed by atoms with E-state index in [1.54, 1.807) is 11.3 Å². The topological polar surface area (TPSA) is 170 Å². The highest BCUT2D eigenvalue weighted by molar-refractivity contribution is 8.00. The zero-order valence-electron chi connectivity index (χ0n) is 32.4. The van der Waals surface area contributed by atoms with Crippen molar-refractivity contribution in [3.05, 3.63) is 62.5 Å². The van der Waals surface area contributed by atoms with Gasteiger partial charge < -0.3 is 35.5 Å². The van der Waals surface area contributed by atoms with E-state index in [1.165, 1.54) is 4.88 Å².